The highest BCUT2D eigenvalue weighted by atomic mass is 16.4. The minimum Gasteiger partial charge on any atom is -0.481 e. The van der Waals surface area contributed by atoms with Crippen LogP contribution >= 0.6 is 0 Å². The summed E-state index contributed by atoms with van der Waals surface area (Å²) < 4.78 is 1.61. The molecular formula is C19H18N4O2. The van der Waals surface area contributed by atoms with Gasteiger partial charge in [-0.3, -0.25) is 14.5 Å². The Bertz CT molecular complexity index is 939. The number of benzene rings is 1. The monoisotopic (exact) mass is 334 g/mol. The topological polar surface area (TPSA) is 94.0 Å². The molecule has 1 aromatic carbocycles. The highest BCUT2D eigenvalue weighted by molar-refractivity contribution is 5.85. The van der Waals surface area contributed by atoms with Crippen LogP contribution in [-0.2, 0) is 17.3 Å². The van der Waals surface area contributed by atoms with Crippen LogP contribution in [0.2, 0.25) is 0 Å². The molecule has 1 aliphatic carbocycles. The first-order valence-corrected chi connectivity index (χ1v) is 8.09. The van der Waals surface area contributed by atoms with Crippen LogP contribution in [0.25, 0.3) is 22.4 Å². The predicted molar refractivity (Wildman–Crippen MR) is 94.8 cm³/mol. The van der Waals surface area contributed by atoms with E-state index in [0.717, 1.165) is 27.9 Å². The molecule has 0 saturated heterocycles. The molecule has 0 unspecified atom stereocenters. The molecule has 0 radical (unpaired) electrons. The Balaban J connectivity index is 1.60. The summed E-state index contributed by atoms with van der Waals surface area (Å²) in [6.07, 6.45) is 4.92. The molecule has 2 heterocycles. The first-order valence-electron chi connectivity index (χ1n) is 8.09. The molecule has 4 rings (SSSR count). The lowest BCUT2D eigenvalue weighted by Gasteiger charge is -2.11. The van der Waals surface area contributed by atoms with Gasteiger partial charge >= 0.3 is 5.97 Å². The average molecular weight is 334 g/mol. The van der Waals surface area contributed by atoms with Gasteiger partial charge in [0.25, 0.3) is 0 Å². The lowest BCUT2D eigenvalue weighted by molar-refractivity contribution is -0.140. The summed E-state index contributed by atoms with van der Waals surface area (Å²) in [4.78, 5) is 15.9. The van der Waals surface area contributed by atoms with E-state index >= 15 is 0 Å². The molecule has 6 nitrogen and oxygen atoms in total. The zero-order chi connectivity index (χ0) is 17.6. The zero-order valence-corrected chi connectivity index (χ0v) is 13.8. The summed E-state index contributed by atoms with van der Waals surface area (Å²) in [5, 5.41) is 13.5. The van der Waals surface area contributed by atoms with Crippen LogP contribution in [0.1, 0.15) is 18.4 Å². The number of carboxylic acid groups (broad SMARTS) is 1. The number of nitrogens with two attached hydrogens (primary N) is 1. The highest BCUT2D eigenvalue weighted by Gasteiger charge is 2.51. The van der Waals surface area contributed by atoms with Gasteiger partial charge in [-0.2, -0.15) is 5.10 Å². The number of rotatable bonds is 4. The van der Waals surface area contributed by atoms with Gasteiger partial charge in [0.15, 0.2) is 0 Å². The summed E-state index contributed by atoms with van der Waals surface area (Å²) >= 11 is 0. The molecule has 126 valence electrons. The Hall–Kier alpha value is -3.15. The molecule has 2 aromatic heterocycles. The number of aromatic nitrogens is 3. The third kappa shape index (κ3) is 2.46. The first-order chi connectivity index (χ1) is 12.0. The van der Waals surface area contributed by atoms with E-state index in [0.29, 0.717) is 18.7 Å². The second kappa shape index (κ2) is 5.44. The number of hydrogen-bond acceptors (Lipinski definition) is 4. The van der Waals surface area contributed by atoms with E-state index in [-0.39, 0.29) is 0 Å². The van der Waals surface area contributed by atoms with E-state index in [1.54, 1.807) is 24.1 Å². The first kappa shape index (κ1) is 15.4. The normalized spacial score (nSPS) is 15.1. The van der Waals surface area contributed by atoms with Crippen molar-refractivity contribution >= 4 is 11.8 Å². The Morgan fingerprint density at radius 3 is 2.28 bits per heavy atom. The maximum atomic E-state index is 11.4. The molecule has 0 amide bonds. The van der Waals surface area contributed by atoms with Crippen LogP contribution in [-0.4, -0.2) is 25.8 Å². The lowest BCUT2D eigenvalue weighted by atomic mass is 9.94. The van der Waals surface area contributed by atoms with E-state index in [9.17, 15) is 9.90 Å². The number of nitrogens with zero attached hydrogens (tertiary/aromatic N) is 3. The third-order valence-electron chi connectivity index (χ3n) is 4.95. The molecule has 25 heavy (non-hydrogen) atoms. The molecule has 0 bridgehead atoms. The average Bonchev–Trinajstić information content (AvgIpc) is 3.38. The Kier molecular flexibility index (Phi) is 3.35. The molecular weight excluding hydrogens is 316 g/mol. The van der Waals surface area contributed by atoms with E-state index in [1.165, 1.54) is 0 Å². The van der Waals surface area contributed by atoms with Crippen LogP contribution in [0.5, 0.6) is 0 Å². The second-order valence-electron chi connectivity index (χ2n) is 6.46. The highest BCUT2D eigenvalue weighted by Crippen LogP contribution is 2.48. The lowest BCUT2D eigenvalue weighted by Crippen LogP contribution is -2.19. The number of pyridine rings is 1. The van der Waals surface area contributed by atoms with Crippen molar-refractivity contribution in [1.82, 2.24) is 14.8 Å². The van der Waals surface area contributed by atoms with Gasteiger partial charge in [0.2, 0.25) is 0 Å². The van der Waals surface area contributed by atoms with Crippen molar-refractivity contribution in [3.8, 4) is 22.4 Å². The zero-order valence-electron chi connectivity index (χ0n) is 13.8. The summed E-state index contributed by atoms with van der Waals surface area (Å²) in [6, 6.07) is 11.6. The molecule has 6 heteroatoms. The van der Waals surface area contributed by atoms with Crippen LogP contribution < -0.4 is 5.73 Å². The van der Waals surface area contributed by atoms with Crippen LogP contribution in [0.3, 0.4) is 0 Å². The van der Waals surface area contributed by atoms with Crippen molar-refractivity contribution in [3.05, 3.63) is 54.4 Å². The minimum atomic E-state index is -0.736. The predicted octanol–water partition coefficient (Wildman–Crippen LogP) is 2.85. The summed E-state index contributed by atoms with van der Waals surface area (Å²) in [7, 11) is 1.79. The number of aryl methyl sites for hydroxylation is 1. The molecule has 3 aromatic rings. The van der Waals surface area contributed by atoms with Crippen molar-refractivity contribution in [3.63, 3.8) is 0 Å². The van der Waals surface area contributed by atoms with Crippen molar-refractivity contribution < 1.29 is 9.90 Å². The summed E-state index contributed by atoms with van der Waals surface area (Å²) in [5.41, 5.74) is 9.74. The van der Waals surface area contributed by atoms with Gasteiger partial charge in [0.05, 0.1) is 22.9 Å². The van der Waals surface area contributed by atoms with Gasteiger partial charge in [-0.05, 0) is 30.0 Å². The van der Waals surface area contributed by atoms with E-state index in [2.05, 4.69) is 10.1 Å². The van der Waals surface area contributed by atoms with Gasteiger partial charge in [-0.15, -0.1) is 0 Å². The number of carboxylic acids is 1. The SMILES string of the molecule is Cn1ncc(-c2ccc(-c3ccc(C4(C(=O)O)CC4)cc3)cn2)c1N. The van der Waals surface area contributed by atoms with Crippen LogP contribution in [0.4, 0.5) is 5.82 Å². The van der Waals surface area contributed by atoms with Crippen molar-refractivity contribution in [2.45, 2.75) is 18.3 Å². The van der Waals surface area contributed by atoms with Gasteiger partial charge in [0.1, 0.15) is 5.82 Å². The van der Waals surface area contributed by atoms with Crippen molar-refractivity contribution in [1.29, 1.82) is 0 Å². The van der Waals surface area contributed by atoms with Gasteiger partial charge in [-0.1, -0.05) is 30.3 Å². The van der Waals surface area contributed by atoms with Gasteiger partial charge < -0.3 is 10.8 Å². The fraction of sp³-hybridized carbons (Fsp3) is 0.211. The van der Waals surface area contributed by atoms with Crippen LogP contribution in [0, 0.1) is 0 Å². The van der Waals surface area contributed by atoms with Gasteiger partial charge in [-0.25, -0.2) is 0 Å². The number of anilines is 1. The van der Waals surface area contributed by atoms with E-state index in [4.69, 9.17) is 5.73 Å². The van der Waals surface area contributed by atoms with Crippen molar-refractivity contribution in [2.24, 2.45) is 7.05 Å². The molecule has 3 N–H and O–H groups in total. The van der Waals surface area contributed by atoms with E-state index in [1.807, 2.05) is 36.4 Å². The maximum Gasteiger partial charge on any atom is 0.314 e. The Labute approximate surface area is 144 Å². The third-order valence-corrected chi connectivity index (χ3v) is 4.95. The molecule has 0 spiro atoms. The number of nitrogen functional groups attached to an aromatic ring is 1. The van der Waals surface area contributed by atoms with Crippen LogP contribution in [0.15, 0.2) is 48.8 Å². The smallest absolute Gasteiger partial charge is 0.314 e. The fourth-order valence-electron chi connectivity index (χ4n) is 3.10. The molecule has 1 saturated carbocycles. The standard InChI is InChI=1S/C19H18N4O2/c1-23-17(20)15(11-22-23)16-7-4-13(10-21-16)12-2-5-14(6-3-12)19(8-9-19)18(24)25/h2-7,10-11H,8-9,20H2,1H3,(H,24,25). The Morgan fingerprint density at radius 1 is 1.12 bits per heavy atom. The number of carbonyl (C=O) groups is 1. The quantitative estimate of drug-likeness (QED) is 0.765. The largest absolute Gasteiger partial charge is 0.481 e. The summed E-state index contributed by atoms with van der Waals surface area (Å²) in [5.74, 6) is -0.159. The number of aliphatic carboxylic acids is 1. The summed E-state index contributed by atoms with van der Waals surface area (Å²) in [6.45, 7) is 0. The maximum absolute atomic E-state index is 11.4. The Morgan fingerprint density at radius 2 is 1.80 bits per heavy atom. The fourth-order valence-corrected chi connectivity index (χ4v) is 3.10. The minimum absolute atomic E-state index is 0.577. The van der Waals surface area contributed by atoms with Gasteiger partial charge in [0, 0.05) is 18.8 Å². The molecule has 1 fully saturated rings. The second-order valence-corrected chi connectivity index (χ2v) is 6.46. The molecule has 0 atom stereocenters. The molecule has 0 aliphatic heterocycles. The number of hydrogen-bond donors (Lipinski definition) is 2. The van der Waals surface area contributed by atoms with E-state index < -0.39 is 11.4 Å². The van der Waals surface area contributed by atoms with Crippen molar-refractivity contribution in [2.75, 3.05) is 5.73 Å². The molecule has 1 aliphatic rings.